The molecule has 0 aliphatic heterocycles. The van der Waals surface area contributed by atoms with Gasteiger partial charge in [-0.05, 0) is 72.2 Å². The third-order valence-electron chi connectivity index (χ3n) is 4.01. The molecule has 25 heavy (non-hydrogen) atoms. The van der Waals surface area contributed by atoms with Crippen LogP contribution in [0.5, 0.6) is 0 Å². The van der Waals surface area contributed by atoms with E-state index in [2.05, 4.69) is 20.5 Å². The average Bonchev–Trinajstić information content (AvgIpc) is 3.06. The molecule has 3 aromatic rings. The van der Waals surface area contributed by atoms with Crippen molar-refractivity contribution in [2.75, 3.05) is 5.43 Å². The summed E-state index contributed by atoms with van der Waals surface area (Å²) < 4.78 is 5.84. The Morgan fingerprint density at radius 2 is 1.96 bits per heavy atom. The van der Waals surface area contributed by atoms with E-state index >= 15 is 0 Å². The van der Waals surface area contributed by atoms with Crippen LogP contribution in [-0.2, 0) is 0 Å². The van der Waals surface area contributed by atoms with E-state index < -0.39 is 0 Å². The Hall–Kier alpha value is -2.60. The summed E-state index contributed by atoms with van der Waals surface area (Å²) in [5.74, 6) is 0.739. The third kappa shape index (κ3) is 3.91. The molecule has 0 fully saturated rings. The van der Waals surface area contributed by atoms with Crippen LogP contribution >= 0.6 is 11.8 Å². The van der Waals surface area contributed by atoms with E-state index in [0.717, 1.165) is 29.8 Å². The number of hydrogen-bond acceptors (Lipinski definition) is 6. The third-order valence-corrected chi connectivity index (χ3v) is 5.07. The normalized spacial score (nSPS) is 15.2. The standard InChI is InChI=1S/C19H18N4OS/c1-4-10-17(25-19-22-15-8-2-3-9-16(15)24-19)14(7-1)13-21-23-18-11-5-6-12-20-18/h2-3,5-6,8-9,11-13H,1,4,7,10H2,(H,20,23)/b21-13-. The molecule has 0 unspecified atom stereocenters. The summed E-state index contributed by atoms with van der Waals surface area (Å²) in [5.41, 5.74) is 5.94. The van der Waals surface area contributed by atoms with Crippen LogP contribution in [0.1, 0.15) is 25.7 Å². The van der Waals surface area contributed by atoms with E-state index in [-0.39, 0.29) is 0 Å². The maximum absolute atomic E-state index is 5.84. The van der Waals surface area contributed by atoms with Crippen LogP contribution in [0.3, 0.4) is 0 Å². The van der Waals surface area contributed by atoms with E-state index in [1.807, 2.05) is 48.7 Å². The van der Waals surface area contributed by atoms with Gasteiger partial charge in [-0.1, -0.05) is 18.2 Å². The average molecular weight is 350 g/mol. The smallest absolute Gasteiger partial charge is 0.261 e. The SMILES string of the molecule is C(=N/Nc1ccccn1)/C1=C(Sc2nc3ccccc3o2)CCCC1. The van der Waals surface area contributed by atoms with Crippen LogP contribution in [0.4, 0.5) is 5.82 Å². The van der Waals surface area contributed by atoms with Crippen LogP contribution in [0, 0.1) is 0 Å². The van der Waals surface area contributed by atoms with Gasteiger partial charge in [0.1, 0.15) is 11.3 Å². The molecule has 4 rings (SSSR count). The minimum Gasteiger partial charge on any atom is -0.431 e. The van der Waals surface area contributed by atoms with Gasteiger partial charge in [-0.3, -0.25) is 5.43 Å². The number of rotatable bonds is 5. The van der Waals surface area contributed by atoms with Gasteiger partial charge in [0, 0.05) is 6.20 Å². The van der Waals surface area contributed by atoms with Crippen molar-refractivity contribution >= 4 is 34.9 Å². The molecule has 6 heteroatoms. The lowest BCUT2D eigenvalue weighted by atomic mass is 10.0. The van der Waals surface area contributed by atoms with E-state index in [9.17, 15) is 0 Å². The Balaban J connectivity index is 1.52. The fourth-order valence-corrected chi connectivity index (χ4v) is 3.78. The van der Waals surface area contributed by atoms with E-state index in [1.165, 1.54) is 23.3 Å². The topological polar surface area (TPSA) is 63.3 Å². The Morgan fingerprint density at radius 1 is 1.08 bits per heavy atom. The minimum absolute atomic E-state index is 0.696. The molecule has 2 aromatic heterocycles. The molecule has 0 saturated heterocycles. The van der Waals surface area contributed by atoms with E-state index in [1.54, 1.807) is 18.0 Å². The number of para-hydroxylation sites is 2. The number of anilines is 1. The van der Waals surface area contributed by atoms with E-state index in [4.69, 9.17) is 4.42 Å². The molecular weight excluding hydrogens is 332 g/mol. The number of aromatic nitrogens is 2. The number of benzene rings is 1. The fourth-order valence-electron chi connectivity index (χ4n) is 2.76. The lowest BCUT2D eigenvalue weighted by molar-refractivity contribution is 0.490. The van der Waals surface area contributed by atoms with Gasteiger partial charge in [0.25, 0.3) is 5.22 Å². The predicted octanol–water partition coefficient (Wildman–Crippen LogP) is 5.24. The number of fused-ring (bicyclic) bond motifs is 1. The number of pyridine rings is 1. The van der Waals surface area contributed by atoms with Crippen LogP contribution in [0.15, 0.2) is 73.9 Å². The molecule has 0 amide bonds. The van der Waals surface area contributed by atoms with Crippen molar-refractivity contribution < 1.29 is 4.42 Å². The molecule has 5 nitrogen and oxygen atoms in total. The highest BCUT2D eigenvalue weighted by Gasteiger charge is 2.16. The van der Waals surface area contributed by atoms with Gasteiger partial charge in [0.05, 0.1) is 6.21 Å². The number of oxazole rings is 1. The fraction of sp³-hybridized carbons (Fsp3) is 0.211. The van der Waals surface area contributed by atoms with Crippen molar-refractivity contribution in [3.05, 3.63) is 59.1 Å². The van der Waals surface area contributed by atoms with Crippen molar-refractivity contribution in [3.8, 4) is 0 Å². The molecule has 0 bridgehead atoms. The Kier molecular flexibility index (Phi) is 4.79. The highest BCUT2D eigenvalue weighted by Crippen LogP contribution is 2.37. The second kappa shape index (κ2) is 7.53. The van der Waals surface area contributed by atoms with Gasteiger partial charge < -0.3 is 4.42 Å². The summed E-state index contributed by atoms with van der Waals surface area (Å²) in [4.78, 5) is 10.0. The summed E-state index contributed by atoms with van der Waals surface area (Å²) in [7, 11) is 0. The van der Waals surface area contributed by atoms with E-state index in [0.29, 0.717) is 5.22 Å². The van der Waals surface area contributed by atoms with Crippen LogP contribution in [0.2, 0.25) is 0 Å². The zero-order valence-electron chi connectivity index (χ0n) is 13.7. The number of hydrazone groups is 1. The first-order valence-electron chi connectivity index (χ1n) is 8.34. The zero-order valence-corrected chi connectivity index (χ0v) is 14.5. The first-order valence-corrected chi connectivity index (χ1v) is 9.16. The van der Waals surface area contributed by atoms with Crippen LogP contribution in [0.25, 0.3) is 11.1 Å². The lowest BCUT2D eigenvalue weighted by Gasteiger charge is -2.15. The molecule has 2 heterocycles. The lowest BCUT2D eigenvalue weighted by Crippen LogP contribution is -2.01. The molecule has 1 N–H and O–H groups in total. The highest BCUT2D eigenvalue weighted by molar-refractivity contribution is 8.02. The minimum atomic E-state index is 0.696. The van der Waals surface area contributed by atoms with Crippen molar-refractivity contribution in [2.45, 2.75) is 30.9 Å². The van der Waals surface area contributed by atoms with Crippen molar-refractivity contribution in [3.63, 3.8) is 0 Å². The van der Waals surface area contributed by atoms with Gasteiger partial charge in [-0.2, -0.15) is 5.10 Å². The van der Waals surface area contributed by atoms with Gasteiger partial charge in [-0.15, -0.1) is 0 Å². The second-order valence-corrected chi connectivity index (χ2v) is 6.84. The van der Waals surface area contributed by atoms with Crippen molar-refractivity contribution in [1.82, 2.24) is 9.97 Å². The number of thioether (sulfide) groups is 1. The molecule has 126 valence electrons. The number of nitrogens with zero attached hydrogens (tertiary/aromatic N) is 3. The number of nitrogens with one attached hydrogen (secondary N) is 1. The van der Waals surface area contributed by atoms with Crippen molar-refractivity contribution in [1.29, 1.82) is 0 Å². The van der Waals surface area contributed by atoms with Crippen LogP contribution < -0.4 is 5.43 Å². The molecule has 0 radical (unpaired) electrons. The largest absolute Gasteiger partial charge is 0.431 e. The van der Waals surface area contributed by atoms with Gasteiger partial charge in [0.2, 0.25) is 0 Å². The monoisotopic (exact) mass is 350 g/mol. The second-order valence-electron chi connectivity index (χ2n) is 5.79. The molecule has 1 aliphatic rings. The summed E-state index contributed by atoms with van der Waals surface area (Å²) in [6, 6.07) is 13.6. The Morgan fingerprint density at radius 3 is 2.84 bits per heavy atom. The Labute approximate surface area is 150 Å². The summed E-state index contributed by atoms with van der Waals surface area (Å²) in [5, 5.41) is 5.04. The molecule has 0 saturated carbocycles. The van der Waals surface area contributed by atoms with Gasteiger partial charge in [0.15, 0.2) is 5.58 Å². The summed E-state index contributed by atoms with van der Waals surface area (Å²) in [6.45, 7) is 0. The highest BCUT2D eigenvalue weighted by atomic mass is 32.2. The zero-order chi connectivity index (χ0) is 16.9. The first kappa shape index (κ1) is 15.9. The predicted molar refractivity (Wildman–Crippen MR) is 102 cm³/mol. The van der Waals surface area contributed by atoms with Crippen LogP contribution in [-0.4, -0.2) is 16.2 Å². The molecule has 0 spiro atoms. The summed E-state index contributed by atoms with van der Waals surface area (Å²) in [6.07, 6.45) is 8.07. The molecular formula is C19H18N4OS. The maximum Gasteiger partial charge on any atom is 0.261 e. The van der Waals surface area contributed by atoms with Crippen molar-refractivity contribution in [2.24, 2.45) is 5.10 Å². The maximum atomic E-state index is 5.84. The summed E-state index contributed by atoms with van der Waals surface area (Å²) >= 11 is 1.61. The molecule has 1 aliphatic carbocycles. The number of hydrogen-bond donors (Lipinski definition) is 1. The van der Waals surface area contributed by atoms with Gasteiger partial charge in [-0.25, -0.2) is 9.97 Å². The Bertz CT molecular complexity index is 884. The number of allylic oxidation sites excluding steroid dienone is 2. The quantitative estimate of drug-likeness (QED) is 0.503. The first-order chi connectivity index (χ1) is 12.4. The van der Waals surface area contributed by atoms with Gasteiger partial charge >= 0.3 is 0 Å². The molecule has 1 aromatic carbocycles. The molecule has 0 atom stereocenters.